The van der Waals surface area contributed by atoms with Crippen molar-refractivity contribution in [2.45, 2.75) is 45.1 Å². The van der Waals surface area contributed by atoms with Crippen LogP contribution in [-0.4, -0.2) is 42.2 Å². The molecule has 0 saturated carbocycles. The molecule has 0 spiro atoms. The lowest BCUT2D eigenvalue weighted by Gasteiger charge is -2.16. The first-order chi connectivity index (χ1) is 7.07. The van der Waals surface area contributed by atoms with Crippen molar-refractivity contribution < 1.29 is 9.90 Å². The number of carboxylic acid groups (broad SMARTS) is 1. The summed E-state index contributed by atoms with van der Waals surface area (Å²) in [6.45, 7) is 4.34. The van der Waals surface area contributed by atoms with Crippen LogP contribution in [0.15, 0.2) is 0 Å². The van der Waals surface area contributed by atoms with Gasteiger partial charge in [-0.2, -0.15) is 0 Å². The maximum Gasteiger partial charge on any atom is 0.320 e. The van der Waals surface area contributed by atoms with Gasteiger partial charge < -0.3 is 15.7 Å². The second kappa shape index (κ2) is 8.68. The van der Waals surface area contributed by atoms with E-state index in [1.807, 2.05) is 0 Å². The molecule has 0 aromatic rings. The lowest BCUT2D eigenvalue weighted by molar-refractivity contribution is -0.138. The first-order valence-corrected chi connectivity index (χ1v) is 5.74. The highest BCUT2D eigenvalue weighted by Gasteiger charge is 2.10. The van der Waals surface area contributed by atoms with Crippen molar-refractivity contribution in [3.8, 4) is 0 Å². The average Bonchev–Trinajstić information content (AvgIpc) is 2.20. The number of nitrogens with two attached hydrogens (primary N) is 1. The average molecular weight is 216 g/mol. The van der Waals surface area contributed by atoms with Gasteiger partial charge in [-0.3, -0.25) is 4.79 Å². The summed E-state index contributed by atoms with van der Waals surface area (Å²) >= 11 is 0. The number of hydrogen-bond acceptors (Lipinski definition) is 3. The molecule has 0 aliphatic rings. The highest BCUT2D eigenvalue weighted by Crippen LogP contribution is 2.01. The fourth-order valence-electron chi connectivity index (χ4n) is 1.41. The predicted octanol–water partition coefficient (Wildman–Crippen LogP) is 1.30. The summed E-state index contributed by atoms with van der Waals surface area (Å²) in [5.74, 6) is -0.894. The van der Waals surface area contributed by atoms with Gasteiger partial charge in [0, 0.05) is 0 Å². The first-order valence-electron chi connectivity index (χ1n) is 5.74. The zero-order valence-electron chi connectivity index (χ0n) is 9.91. The van der Waals surface area contributed by atoms with E-state index in [4.69, 9.17) is 10.8 Å². The summed E-state index contributed by atoms with van der Waals surface area (Å²) in [5.41, 5.74) is 5.40. The third-order valence-corrected chi connectivity index (χ3v) is 2.52. The van der Waals surface area contributed by atoms with Gasteiger partial charge in [-0.1, -0.05) is 19.8 Å². The van der Waals surface area contributed by atoms with Gasteiger partial charge in [-0.05, 0) is 39.4 Å². The Morgan fingerprint density at radius 3 is 2.47 bits per heavy atom. The monoisotopic (exact) mass is 216 g/mol. The van der Waals surface area contributed by atoms with Crippen LogP contribution in [-0.2, 0) is 4.79 Å². The van der Waals surface area contributed by atoms with Gasteiger partial charge in [0.2, 0.25) is 0 Å². The van der Waals surface area contributed by atoms with Gasteiger partial charge in [0.1, 0.15) is 6.04 Å². The van der Waals surface area contributed by atoms with E-state index in [0.29, 0.717) is 6.42 Å². The van der Waals surface area contributed by atoms with Crippen molar-refractivity contribution in [2.24, 2.45) is 5.73 Å². The lowest BCUT2D eigenvalue weighted by Crippen LogP contribution is -2.30. The minimum absolute atomic E-state index is 0.580. The Labute approximate surface area is 92.4 Å². The molecule has 90 valence electrons. The maximum absolute atomic E-state index is 10.4. The van der Waals surface area contributed by atoms with Crippen LogP contribution < -0.4 is 5.73 Å². The van der Waals surface area contributed by atoms with Crippen LogP contribution in [0.4, 0.5) is 0 Å². The molecule has 0 aliphatic heterocycles. The van der Waals surface area contributed by atoms with Crippen LogP contribution in [0.5, 0.6) is 0 Å². The van der Waals surface area contributed by atoms with Crippen molar-refractivity contribution in [2.75, 3.05) is 20.1 Å². The zero-order chi connectivity index (χ0) is 11.7. The summed E-state index contributed by atoms with van der Waals surface area (Å²) in [6, 6.07) is -0.689. The maximum atomic E-state index is 10.4. The molecule has 3 N–H and O–H groups in total. The Morgan fingerprint density at radius 2 is 1.93 bits per heavy atom. The van der Waals surface area contributed by atoms with Gasteiger partial charge in [-0.15, -0.1) is 0 Å². The van der Waals surface area contributed by atoms with Crippen LogP contribution in [0.1, 0.15) is 39.0 Å². The minimum atomic E-state index is -0.894. The molecule has 0 heterocycles. The van der Waals surface area contributed by atoms with E-state index < -0.39 is 12.0 Å². The second-order valence-electron chi connectivity index (χ2n) is 4.10. The van der Waals surface area contributed by atoms with Crippen molar-refractivity contribution in [1.29, 1.82) is 0 Å². The molecule has 4 heteroatoms. The van der Waals surface area contributed by atoms with Crippen LogP contribution in [0.2, 0.25) is 0 Å². The number of hydrogen-bond donors (Lipinski definition) is 2. The summed E-state index contributed by atoms with van der Waals surface area (Å²) in [4.78, 5) is 12.7. The summed E-state index contributed by atoms with van der Waals surface area (Å²) in [6.07, 6.45) is 4.95. The Balaban J connectivity index is 3.33. The molecular weight excluding hydrogens is 192 g/mol. The lowest BCUT2D eigenvalue weighted by atomic mass is 10.1. The largest absolute Gasteiger partial charge is 0.480 e. The number of rotatable bonds is 9. The fraction of sp³-hybridized carbons (Fsp3) is 0.909. The van der Waals surface area contributed by atoms with Gasteiger partial charge in [0.05, 0.1) is 0 Å². The standard InChI is InChI=1S/C11H24N2O2/c1-3-4-8-13(2)9-6-5-7-10(12)11(14)15/h10H,3-9,12H2,1-2H3,(H,14,15)/t10-/m0/s1. The van der Waals surface area contributed by atoms with Crippen molar-refractivity contribution in [3.05, 3.63) is 0 Å². The topological polar surface area (TPSA) is 66.6 Å². The summed E-state index contributed by atoms with van der Waals surface area (Å²) in [5, 5.41) is 8.57. The number of aliphatic carboxylic acids is 1. The van der Waals surface area contributed by atoms with Crippen molar-refractivity contribution in [1.82, 2.24) is 4.90 Å². The molecule has 0 aliphatic carbocycles. The molecular formula is C11H24N2O2. The highest BCUT2D eigenvalue weighted by molar-refractivity contribution is 5.72. The number of nitrogens with zero attached hydrogens (tertiary/aromatic N) is 1. The molecule has 0 bridgehead atoms. The van der Waals surface area contributed by atoms with Crippen LogP contribution >= 0.6 is 0 Å². The molecule has 0 amide bonds. The highest BCUT2D eigenvalue weighted by atomic mass is 16.4. The van der Waals surface area contributed by atoms with E-state index in [1.54, 1.807) is 0 Å². The number of carbonyl (C=O) groups is 1. The molecule has 4 nitrogen and oxygen atoms in total. The van der Waals surface area contributed by atoms with Gasteiger partial charge >= 0.3 is 5.97 Å². The van der Waals surface area contributed by atoms with Crippen LogP contribution in [0.25, 0.3) is 0 Å². The van der Waals surface area contributed by atoms with Gasteiger partial charge in [0.25, 0.3) is 0 Å². The Kier molecular flexibility index (Phi) is 8.33. The minimum Gasteiger partial charge on any atom is -0.480 e. The second-order valence-corrected chi connectivity index (χ2v) is 4.10. The Hall–Kier alpha value is -0.610. The Bertz CT molecular complexity index is 174. The van der Waals surface area contributed by atoms with E-state index >= 15 is 0 Å². The molecule has 0 aromatic heterocycles. The first kappa shape index (κ1) is 14.4. The van der Waals surface area contributed by atoms with Crippen LogP contribution in [0.3, 0.4) is 0 Å². The summed E-state index contributed by atoms with van der Waals surface area (Å²) < 4.78 is 0. The SMILES string of the molecule is CCCCN(C)CCCC[C@H](N)C(=O)O. The number of unbranched alkanes of at least 4 members (excludes halogenated alkanes) is 2. The molecule has 0 saturated heterocycles. The van der Waals surface area contributed by atoms with E-state index in [-0.39, 0.29) is 0 Å². The zero-order valence-corrected chi connectivity index (χ0v) is 9.91. The van der Waals surface area contributed by atoms with Crippen molar-refractivity contribution >= 4 is 5.97 Å². The van der Waals surface area contributed by atoms with E-state index in [1.165, 1.54) is 12.8 Å². The van der Waals surface area contributed by atoms with Crippen molar-refractivity contribution in [3.63, 3.8) is 0 Å². The normalized spacial score (nSPS) is 13.1. The number of carboxylic acids is 1. The molecule has 0 fully saturated rings. The van der Waals surface area contributed by atoms with E-state index in [2.05, 4.69) is 18.9 Å². The quantitative estimate of drug-likeness (QED) is 0.570. The smallest absolute Gasteiger partial charge is 0.320 e. The molecule has 15 heavy (non-hydrogen) atoms. The van der Waals surface area contributed by atoms with Crippen LogP contribution in [0, 0.1) is 0 Å². The Morgan fingerprint density at radius 1 is 1.33 bits per heavy atom. The third-order valence-electron chi connectivity index (χ3n) is 2.52. The molecule has 0 radical (unpaired) electrons. The predicted molar refractivity (Wildman–Crippen MR) is 61.9 cm³/mol. The fourth-order valence-corrected chi connectivity index (χ4v) is 1.41. The molecule has 0 rings (SSSR count). The molecule has 0 aromatic carbocycles. The van der Waals surface area contributed by atoms with E-state index in [9.17, 15) is 4.79 Å². The van der Waals surface area contributed by atoms with E-state index in [0.717, 1.165) is 25.9 Å². The molecule has 1 atom stereocenters. The molecule has 0 unspecified atom stereocenters. The van der Waals surface area contributed by atoms with Gasteiger partial charge in [-0.25, -0.2) is 0 Å². The third kappa shape index (κ3) is 8.39. The van der Waals surface area contributed by atoms with Gasteiger partial charge in [0.15, 0.2) is 0 Å². The summed E-state index contributed by atoms with van der Waals surface area (Å²) in [7, 11) is 2.10.